The second kappa shape index (κ2) is 9.78. The van der Waals surface area contributed by atoms with E-state index in [-0.39, 0.29) is 23.7 Å². The number of aryl methyl sites for hydroxylation is 1. The molecule has 38 heavy (non-hydrogen) atoms. The van der Waals surface area contributed by atoms with E-state index in [4.69, 9.17) is 27.7 Å². The number of amides is 1. The van der Waals surface area contributed by atoms with E-state index in [2.05, 4.69) is 16.2 Å². The van der Waals surface area contributed by atoms with Crippen LogP contribution in [-0.2, 0) is 11.3 Å². The number of fused-ring (bicyclic) bond motifs is 2. The molecule has 0 spiro atoms. The number of thiazole rings is 1. The van der Waals surface area contributed by atoms with Gasteiger partial charge in [-0.1, -0.05) is 23.7 Å². The molecule has 1 amide bonds. The Balaban J connectivity index is 1.41. The fraction of sp³-hybridized carbons (Fsp3) is 0.286. The van der Waals surface area contributed by atoms with Gasteiger partial charge in [-0.25, -0.2) is 14.8 Å². The summed E-state index contributed by atoms with van der Waals surface area (Å²) in [4.78, 5) is 36.8. The van der Waals surface area contributed by atoms with E-state index < -0.39 is 0 Å². The largest absolute Gasteiger partial charge is 0.447 e. The molecular formula is C28H24ClN5O3S. The summed E-state index contributed by atoms with van der Waals surface area (Å²) in [6.45, 7) is 3.25. The number of benzene rings is 2. The molecule has 2 aliphatic rings. The molecular weight excluding hydrogens is 522 g/mol. The Morgan fingerprint density at radius 2 is 2.05 bits per heavy atom. The Hall–Kier alpha value is -3.87. The van der Waals surface area contributed by atoms with Gasteiger partial charge in [0.25, 0.3) is 5.56 Å². The molecule has 0 bridgehead atoms. The number of aromatic nitrogens is 3. The van der Waals surface area contributed by atoms with Gasteiger partial charge < -0.3 is 15.0 Å². The lowest BCUT2D eigenvalue weighted by atomic mass is 9.97. The zero-order valence-electron chi connectivity index (χ0n) is 20.6. The first-order valence-electron chi connectivity index (χ1n) is 12.3. The molecule has 0 radical (unpaired) electrons. The van der Waals surface area contributed by atoms with Crippen LogP contribution in [0.15, 0.2) is 46.6 Å². The number of cyclic esters (lactones) is 1. The minimum Gasteiger partial charge on any atom is -0.447 e. The summed E-state index contributed by atoms with van der Waals surface area (Å²) in [5, 5.41) is 7.40. The number of halogens is 1. The quantitative estimate of drug-likeness (QED) is 0.359. The Morgan fingerprint density at radius 1 is 1.24 bits per heavy atom. The molecule has 2 aromatic heterocycles. The maximum atomic E-state index is 13.7. The molecule has 2 aliphatic heterocycles. The molecule has 4 heterocycles. The van der Waals surface area contributed by atoms with Crippen LogP contribution in [-0.4, -0.2) is 50.8 Å². The molecule has 2 aromatic carbocycles. The molecule has 4 aromatic rings. The first-order chi connectivity index (χ1) is 18.4. The van der Waals surface area contributed by atoms with Crippen molar-refractivity contribution in [2.45, 2.75) is 38.4 Å². The number of piperidine rings is 1. The van der Waals surface area contributed by atoms with Crippen LogP contribution in [0, 0.1) is 19.3 Å². The number of nitrogens with zero attached hydrogens (tertiary/aromatic N) is 4. The highest BCUT2D eigenvalue weighted by molar-refractivity contribution is 7.13. The highest BCUT2D eigenvalue weighted by Crippen LogP contribution is 2.35. The number of ether oxygens (including phenoxy) is 1. The van der Waals surface area contributed by atoms with Gasteiger partial charge in [0, 0.05) is 34.2 Å². The van der Waals surface area contributed by atoms with Gasteiger partial charge >= 0.3 is 6.09 Å². The third-order valence-corrected chi connectivity index (χ3v) is 8.26. The normalized spacial score (nSPS) is 18.8. The maximum Gasteiger partial charge on any atom is 0.410 e. The predicted molar refractivity (Wildman–Crippen MR) is 149 cm³/mol. The van der Waals surface area contributed by atoms with Crippen LogP contribution in [0.25, 0.3) is 21.5 Å². The zero-order chi connectivity index (χ0) is 26.4. The standard InChI is InChI=1S/C28H24ClN5O3S/c1-3-19-15-38-26(32-19)22-11-25-23(12-24(22)31-20-8-9-33-21(10-20)14-37-28(33)36)27(35)34(16(2)30-25)13-17-4-6-18(29)7-5-17/h1,4-7,11-12,15,20-21,31H,8-10,13-14H2,2H3/t20-,21-/m0/s1. The molecule has 0 saturated carbocycles. The highest BCUT2D eigenvalue weighted by atomic mass is 35.5. The van der Waals surface area contributed by atoms with Crippen LogP contribution in [0.4, 0.5) is 10.5 Å². The minimum absolute atomic E-state index is 0.0477. The van der Waals surface area contributed by atoms with Gasteiger partial charge in [-0.15, -0.1) is 17.8 Å². The van der Waals surface area contributed by atoms with Crippen molar-refractivity contribution < 1.29 is 9.53 Å². The lowest BCUT2D eigenvalue weighted by Crippen LogP contribution is -2.45. The number of rotatable bonds is 5. The first kappa shape index (κ1) is 24.5. The van der Waals surface area contributed by atoms with E-state index >= 15 is 0 Å². The zero-order valence-corrected chi connectivity index (χ0v) is 22.2. The molecule has 2 fully saturated rings. The summed E-state index contributed by atoms with van der Waals surface area (Å²) < 4.78 is 6.91. The van der Waals surface area contributed by atoms with Crippen LogP contribution in [0.1, 0.15) is 29.9 Å². The van der Waals surface area contributed by atoms with E-state index in [1.165, 1.54) is 11.3 Å². The number of carbonyl (C=O) groups is 1. The van der Waals surface area contributed by atoms with Crippen LogP contribution < -0.4 is 10.9 Å². The smallest absolute Gasteiger partial charge is 0.410 e. The second-order valence-corrected chi connectivity index (χ2v) is 10.9. The minimum atomic E-state index is -0.243. The summed E-state index contributed by atoms with van der Waals surface area (Å²) in [5.41, 5.74) is 3.63. The number of terminal acetylenes is 1. The maximum absolute atomic E-state index is 13.7. The molecule has 2 atom stereocenters. The molecule has 1 N–H and O–H groups in total. The summed E-state index contributed by atoms with van der Waals surface area (Å²) >= 11 is 7.49. The van der Waals surface area contributed by atoms with Crippen molar-refractivity contribution in [2.24, 2.45) is 0 Å². The molecule has 6 rings (SSSR count). The summed E-state index contributed by atoms with van der Waals surface area (Å²) in [6.07, 6.45) is 6.86. The van der Waals surface area contributed by atoms with Crippen LogP contribution in [0.3, 0.4) is 0 Å². The molecule has 0 aliphatic carbocycles. The lowest BCUT2D eigenvalue weighted by molar-refractivity contribution is 0.153. The topological polar surface area (TPSA) is 89.4 Å². The molecule has 2 saturated heterocycles. The molecule has 8 nitrogen and oxygen atoms in total. The third-order valence-electron chi connectivity index (χ3n) is 7.13. The van der Waals surface area contributed by atoms with Gasteiger partial charge in [-0.3, -0.25) is 9.36 Å². The fourth-order valence-corrected chi connectivity index (χ4v) is 6.07. The van der Waals surface area contributed by atoms with Crippen molar-refractivity contribution in [3.8, 4) is 22.9 Å². The lowest BCUT2D eigenvalue weighted by Gasteiger charge is -2.33. The highest BCUT2D eigenvalue weighted by Gasteiger charge is 2.38. The van der Waals surface area contributed by atoms with Gasteiger partial charge in [0.2, 0.25) is 0 Å². The van der Waals surface area contributed by atoms with E-state index in [0.717, 1.165) is 34.7 Å². The van der Waals surface area contributed by atoms with Gasteiger partial charge in [0.05, 0.1) is 23.5 Å². The van der Waals surface area contributed by atoms with Crippen molar-refractivity contribution in [3.63, 3.8) is 0 Å². The number of nitrogens with one attached hydrogen (secondary N) is 1. The first-order valence-corrected chi connectivity index (χ1v) is 13.6. The number of hydrogen-bond acceptors (Lipinski definition) is 7. The van der Waals surface area contributed by atoms with Crippen molar-refractivity contribution in [1.82, 2.24) is 19.4 Å². The second-order valence-electron chi connectivity index (χ2n) is 9.56. The monoisotopic (exact) mass is 545 g/mol. The Bertz CT molecular complexity index is 1660. The van der Waals surface area contributed by atoms with Gasteiger partial charge in [-0.2, -0.15) is 0 Å². The van der Waals surface area contributed by atoms with E-state index in [1.807, 2.05) is 48.7 Å². The molecule has 10 heteroatoms. The summed E-state index contributed by atoms with van der Waals surface area (Å²) in [5.74, 6) is 3.20. The number of hydrogen-bond donors (Lipinski definition) is 1. The van der Waals surface area contributed by atoms with Gasteiger partial charge in [0.1, 0.15) is 23.1 Å². The Labute approximate surface area is 228 Å². The summed E-state index contributed by atoms with van der Waals surface area (Å²) in [7, 11) is 0. The number of carbonyl (C=O) groups excluding carboxylic acids is 1. The van der Waals surface area contributed by atoms with Gasteiger partial charge in [0.15, 0.2) is 0 Å². The van der Waals surface area contributed by atoms with E-state index in [9.17, 15) is 9.59 Å². The third kappa shape index (κ3) is 4.51. The van der Waals surface area contributed by atoms with Gasteiger partial charge in [-0.05, 0) is 55.5 Å². The van der Waals surface area contributed by atoms with E-state index in [0.29, 0.717) is 47.1 Å². The van der Waals surface area contributed by atoms with Crippen molar-refractivity contribution in [3.05, 3.63) is 74.2 Å². The predicted octanol–water partition coefficient (Wildman–Crippen LogP) is 4.91. The van der Waals surface area contributed by atoms with Crippen LogP contribution in [0.2, 0.25) is 5.02 Å². The molecule has 0 unspecified atom stereocenters. The van der Waals surface area contributed by atoms with Crippen LogP contribution in [0.5, 0.6) is 0 Å². The SMILES string of the molecule is C#Cc1csc(-c2cc3nc(C)n(Cc4ccc(Cl)cc4)c(=O)c3cc2N[C@H]2CCN3C(=O)OC[C@@H]3C2)n1. The van der Waals surface area contributed by atoms with Crippen molar-refractivity contribution >= 4 is 45.6 Å². The van der Waals surface area contributed by atoms with Crippen LogP contribution >= 0.6 is 22.9 Å². The number of anilines is 1. The average Bonchev–Trinajstić information content (AvgIpc) is 3.54. The fourth-order valence-electron chi connectivity index (χ4n) is 5.15. The Morgan fingerprint density at radius 3 is 2.82 bits per heavy atom. The summed E-state index contributed by atoms with van der Waals surface area (Å²) in [6, 6.07) is 11.4. The van der Waals surface area contributed by atoms with Crippen molar-refractivity contribution in [2.75, 3.05) is 18.5 Å². The average molecular weight is 546 g/mol. The molecule has 192 valence electrons. The van der Waals surface area contributed by atoms with E-state index in [1.54, 1.807) is 9.47 Å². The van der Waals surface area contributed by atoms with Crippen molar-refractivity contribution in [1.29, 1.82) is 0 Å². The Kier molecular flexibility index (Phi) is 6.30.